The second-order valence-corrected chi connectivity index (χ2v) is 3.85. The van der Waals surface area contributed by atoms with E-state index in [1.54, 1.807) is 0 Å². The lowest BCUT2D eigenvalue weighted by molar-refractivity contribution is 0.283. The van der Waals surface area contributed by atoms with Gasteiger partial charge in [-0.3, -0.25) is 0 Å². The van der Waals surface area contributed by atoms with Crippen molar-refractivity contribution in [1.82, 2.24) is 20.4 Å². The van der Waals surface area contributed by atoms with Crippen LogP contribution in [-0.4, -0.2) is 27.0 Å². The number of anilines is 2. The number of hydrogen-bond donors (Lipinski definition) is 1. The van der Waals surface area contributed by atoms with E-state index < -0.39 is 0 Å². The van der Waals surface area contributed by atoms with Crippen LogP contribution in [-0.2, 0) is 0 Å². The Morgan fingerprint density at radius 3 is 2.33 bits per heavy atom. The molecule has 0 aliphatic heterocycles. The fourth-order valence-electron chi connectivity index (χ4n) is 1.29. The molecule has 1 aromatic carbocycles. The molecule has 6 nitrogen and oxygen atoms in total. The smallest absolute Gasteiger partial charge is 0.355 e. The van der Waals surface area contributed by atoms with Gasteiger partial charge in [0.15, 0.2) is 0 Å². The summed E-state index contributed by atoms with van der Waals surface area (Å²) in [5.41, 5.74) is 2.09. The minimum Gasteiger partial charge on any atom is -0.461 e. The number of nitrogens with one attached hydrogen (secondary N) is 1. The van der Waals surface area contributed by atoms with Crippen molar-refractivity contribution in [2.45, 2.75) is 20.3 Å². The van der Waals surface area contributed by atoms with E-state index in [4.69, 9.17) is 4.74 Å². The molecule has 0 atom stereocenters. The van der Waals surface area contributed by atoms with Gasteiger partial charge >= 0.3 is 6.01 Å². The third kappa shape index (κ3) is 3.38. The Morgan fingerprint density at radius 1 is 1.06 bits per heavy atom. The number of aromatic nitrogens is 4. The van der Waals surface area contributed by atoms with Crippen molar-refractivity contribution in [2.75, 3.05) is 11.9 Å². The molecule has 0 aliphatic rings. The maximum absolute atomic E-state index is 5.20. The largest absolute Gasteiger partial charge is 0.461 e. The molecule has 0 saturated carbocycles. The number of ether oxygens (including phenoxy) is 1. The molecule has 1 N–H and O–H groups in total. The Morgan fingerprint density at radius 2 is 1.72 bits per heavy atom. The van der Waals surface area contributed by atoms with Crippen LogP contribution < -0.4 is 10.1 Å². The number of hydrogen-bond acceptors (Lipinski definition) is 6. The Labute approximate surface area is 105 Å². The van der Waals surface area contributed by atoms with Gasteiger partial charge in [-0.2, -0.15) is 0 Å². The first kappa shape index (κ1) is 12.2. The summed E-state index contributed by atoms with van der Waals surface area (Å²) in [7, 11) is 0. The molecule has 1 heterocycles. The SMILES string of the molecule is CCCOc1nnc(Nc2ccc(C)cc2)nn1. The molecule has 0 amide bonds. The van der Waals surface area contributed by atoms with Crippen LogP contribution in [0, 0.1) is 6.92 Å². The molecule has 1 aromatic heterocycles. The molecule has 0 saturated heterocycles. The summed E-state index contributed by atoms with van der Waals surface area (Å²) in [5, 5.41) is 18.4. The number of benzene rings is 1. The summed E-state index contributed by atoms with van der Waals surface area (Å²) in [4.78, 5) is 0. The van der Waals surface area contributed by atoms with Gasteiger partial charge in [-0.25, -0.2) is 0 Å². The summed E-state index contributed by atoms with van der Waals surface area (Å²) in [6, 6.07) is 8.09. The van der Waals surface area contributed by atoms with Gasteiger partial charge in [0.2, 0.25) is 0 Å². The van der Waals surface area contributed by atoms with Crippen molar-refractivity contribution in [3.8, 4) is 6.01 Å². The van der Waals surface area contributed by atoms with E-state index in [0.717, 1.165) is 12.1 Å². The van der Waals surface area contributed by atoms with Crippen LogP contribution in [0.3, 0.4) is 0 Å². The van der Waals surface area contributed by atoms with Crippen molar-refractivity contribution in [3.05, 3.63) is 29.8 Å². The molecule has 2 rings (SSSR count). The second-order valence-electron chi connectivity index (χ2n) is 3.85. The van der Waals surface area contributed by atoms with Crippen LogP contribution in [0.5, 0.6) is 6.01 Å². The average molecular weight is 245 g/mol. The zero-order valence-corrected chi connectivity index (χ0v) is 10.4. The van der Waals surface area contributed by atoms with Crippen molar-refractivity contribution < 1.29 is 4.74 Å². The lowest BCUT2D eigenvalue weighted by atomic mass is 10.2. The van der Waals surface area contributed by atoms with E-state index >= 15 is 0 Å². The minimum atomic E-state index is 0.200. The molecular weight excluding hydrogens is 230 g/mol. The monoisotopic (exact) mass is 245 g/mol. The van der Waals surface area contributed by atoms with E-state index in [2.05, 4.69) is 25.7 Å². The Bertz CT molecular complexity index is 483. The quantitative estimate of drug-likeness (QED) is 0.869. The first-order chi connectivity index (χ1) is 8.78. The summed E-state index contributed by atoms with van der Waals surface area (Å²) in [5.74, 6) is 0.350. The number of nitrogens with zero attached hydrogens (tertiary/aromatic N) is 4. The summed E-state index contributed by atoms with van der Waals surface area (Å²) in [6.07, 6.45) is 0.896. The highest BCUT2D eigenvalue weighted by Gasteiger charge is 2.02. The topological polar surface area (TPSA) is 72.8 Å². The molecule has 0 fully saturated rings. The summed E-state index contributed by atoms with van der Waals surface area (Å²) >= 11 is 0. The van der Waals surface area contributed by atoms with E-state index in [9.17, 15) is 0 Å². The van der Waals surface area contributed by atoms with Crippen LogP contribution in [0.2, 0.25) is 0 Å². The Hall–Kier alpha value is -2.24. The first-order valence-corrected chi connectivity index (χ1v) is 5.82. The third-order valence-electron chi connectivity index (χ3n) is 2.20. The molecule has 6 heteroatoms. The van der Waals surface area contributed by atoms with Gasteiger partial charge in [0.1, 0.15) is 0 Å². The Kier molecular flexibility index (Phi) is 4.01. The number of rotatable bonds is 5. The lowest BCUT2D eigenvalue weighted by Gasteiger charge is -2.04. The van der Waals surface area contributed by atoms with Crippen LogP contribution >= 0.6 is 0 Å². The van der Waals surface area contributed by atoms with Gasteiger partial charge in [0.05, 0.1) is 6.61 Å². The maximum Gasteiger partial charge on any atom is 0.355 e. The van der Waals surface area contributed by atoms with Gasteiger partial charge in [0.25, 0.3) is 5.95 Å². The van der Waals surface area contributed by atoms with Crippen molar-refractivity contribution in [3.63, 3.8) is 0 Å². The zero-order chi connectivity index (χ0) is 12.8. The van der Waals surface area contributed by atoms with E-state index in [0.29, 0.717) is 12.6 Å². The molecule has 0 unspecified atom stereocenters. The minimum absolute atomic E-state index is 0.200. The highest BCUT2D eigenvalue weighted by molar-refractivity contribution is 5.52. The van der Waals surface area contributed by atoms with E-state index in [-0.39, 0.29) is 6.01 Å². The third-order valence-corrected chi connectivity index (χ3v) is 2.20. The average Bonchev–Trinajstić information content (AvgIpc) is 2.41. The van der Waals surface area contributed by atoms with Crippen LogP contribution in [0.25, 0.3) is 0 Å². The predicted molar refractivity (Wildman–Crippen MR) is 67.9 cm³/mol. The highest BCUT2D eigenvalue weighted by Crippen LogP contribution is 2.12. The normalized spacial score (nSPS) is 10.1. The van der Waals surface area contributed by atoms with Crippen molar-refractivity contribution >= 4 is 11.6 Å². The molecular formula is C12H15N5O. The fraction of sp³-hybridized carbons (Fsp3) is 0.333. The Balaban J connectivity index is 1.99. The summed E-state index contributed by atoms with van der Waals surface area (Å²) in [6.45, 7) is 4.60. The zero-order valence-electron chi connectivity index (χ0n) is 10.4. The molecule has 18 heavy (non-hydrogen) atoms. The first-order valence-electron chi connectivity index (χ1n) is 5.82. The summed E-state index contributed by atoms with van der Waals surface area (Å²) < 4.78 is 5.20. The molecule has 0 spiro atoms. The molecule has 2 aromatic rings. The van der Waals surface area contributed by atoms with Gasteiger partial charge in [-0.15, -0.1) is 10.2 Å². The number of aryl methyl sites for hydroxylation is 1. The van der Waals surface area contributed by atoms with Gasteiger partial charge in [-0.05, 0) is 25.5 Å². The lowest BCUT2D eigenvalue weighted by Crippen LogP contribution is -2.05. The predicted octanol–water partition coefficient (Wildman–Crippen LogP) is 2.11. The molecule has 0 radical (unpaired) electrons. The second kappa shape index (κ2) is 5.90. The van der Waals surface area contributed by atoms with Crippen LogP contribution in [0.1, 0.15) is 18.9 Å². The highest BCUT2D eigenvalue weighted by atomic mass is 16.5. The van der Waals surface area contributed by atoms with Crippen molar-refractivity contribution in [1.29, 1.82) is 0 Å². The molecule has 94 valence electrons. The molecule has 0 aliphatic carbocycles. The van der Waals surface area contributed by atoms with Gasteiger partial charge < -0.3 is 10.1 Å². The van der Waals surface area contributed by atoms with E-state index in [1.807, 2.05) is 38.1 Å². The maximum atomic E-state index is 5.20. The van der Waals surface area contributed by atoms with Crippen LogP contribution in [0.4, 0.5) is 11.6 Å². The van der Waals surface area contributed by atoms with Gasteiger partial charge in [-0.1, -0.05) is 34.8 Å². The standard InChI is InChI=1S/C12H15N5O/c1-3-8-18-12-16-14-11(15-17-12)13-10-6-4-9(2)5-7-10/h4-7H,3,8H2,1-2H3,(H,13,14,15). The fourth-order valence-corrected chi connectivity index (χ4v) is 1.29. The van der Waals surface area contributed by atoms with Crippen molar-refractivity contribution in [2.24, 2.45) is 0 Å². The molecule has 0 bridgehead atoms. The van der Waals surface area contributed by atoms with Gasteiger partial charge in [0, 0.05) is 5.69 Å². The van der Waals surface area contributed by atoms with E-state index in [1.165, 1.54) is 5.56 Å². The van der Waals surface area contributed by atoms with Crippen LogP contribution in [0.15, 0.2) is 24.3 Å².